The number of hydrogen-bond donors (Lipinski definition) is 1. The Morgan fingerprint density at radius 1 is 1.26 bits per heavy atom. The summed E-state index contributed by atoms with van der Waals surface area (Å²) in [4.78, 5) is 16.7. The molecule has 1 heterocycles. The van der Waals surface area contributed by atoms with Crippen molar-refractivity contribution in [2.45, 2.75) is 58.0 Å². The first-order chi connectivity index (χ1) is 8.91. The highest BCUT2D eigenvalue weighted by Gasteiger charge is 2.26. The maximum Gasteiger partial charge on any atom is 0.225 e. The third-order valence-electron chi connectivity index (χ3n) is 4.22. The number of nitrogens with two attached hydrogens (primary N) is 1. The number of nitrogens with zero attached hydrogens (tertiary/aromatic N) is 2. The van der Waals surface area contributed by atoms with E-state index in [1.807, 2.05) is 6.92 Å². The summed E-state index contributed by atoms with van der Waals surface area (Å²) in [6, 6.07) is 0.885. The molecule has 0 aromatic heterocycles. The number of piperidine rings is 1. The molecule has 1 fully saturated rings. The zero-order valence-corrected chi connectivity index (χ0v) is 13.1. The average molecular weight is 269 g/mol. The molecule has 1 saturated heterocycles. The molecule has 0 radical (unpaired) electrons. The highest BCUT2D eigenvalue weighted by atomic mass is 16.2. The summed E-state index contributed by atoms with van der Waals surface area (Å²) >= 11 is 0. The normalized spacial score (nSPS) is 20.6. The van der Waals surface area contributed by atoms with E-state index >= 15 is 0 Å². The van der Waals surface area contributed by atoms with Gasteiger partial charge >= 0.3 is 0 Å². The zero-order chi connectivity index (χ0) is 14.4. The Bertz CT molecular complexity index is 271. The number of carbonyl (C=O) groups excluding carboxylic acids is 1. The van der Waals surface area contributed by atoms with Crippen molar-refractivity contribution < 1.29 is 4.79 Å². The van der Waals surface area contributed by atoms with Crippen molar-refractivity contribution in [1.82, 2.24) is 9.80 Å². The van der Waals surface area contributed by atoms with Gasteiger partial charge in [-0.05, 0) is 46.7 Å². The second kappa shape index (κ2) is 7.85. The molecule has 2 atom stereocenters. The molecular formula is C15H31N3O. The van der Waals surface area contributed by atoms with Gasteiger partial charge in [-0.1, -0.05) is 13.3 Å². The van der Waals surface area contributed by atoms with Gasteiger partial charge in [-0.2, -0.15) is 0 Å². The molecule has 0 bridgehead atoms. The minimum atomic E-state index is 0.148. The molecule has 1 aliphatic rings. The van der Waals surface area contributed by atoms with Crippen LogP contribution in [0.3, 0.4) is 0 Å². The summed E-state index contributed by atoms with van der Waals surface area (Å²) in [6.07, 6.45) is 5.24. The van der Waals surface area contributed by atoms with Crippen LogP contribution >= 0.6 is 0 Å². The van der Waals surface area contributed by atoms with Crippen LogP contribution in [0.1, 0.15) is 46.0 Å². The highest BCUT2D eigenvalue weighted by molar-refractivity contribution is 5.78. The first kappa shape index (κ1) is 16.4. The maximum absolute atomic E-state index is 12.3. The first-order valence-corrected chi connectivity index (χ1v) is 7.62. The van der Waals surface area contributed by atoms with Gasteiger partial charge in [0.15, 0.2) is 0 Å². The number of likely N-dealkylation sites (tertiary alicyclic amines) is 1. The van der Waals surface area contributed by atoms with Crippen molar-refractivity contribution in [2.75, 3.05) is 27.2 Å². The van der Waals surface area contributed by atoms with Crippen LogP contribution in [-0.4, -0.2) is 55.0 Å². The van der Waals surface area contributed by atoms with Crippen LogP contribution in [0, 0.1) is 5.92 Å². The van der Waals surface area contributed by atoms with Crippen molar-refractivity contribution in [2.24, 2.45) is 11.7 Å². The lowest BCUT2D eigenvalue weighted by Gasteiger charge is -2.36. The van der Waals surface area contributed by atoms with Crippen molar-refractivity contribution in [1.29, 1.82) is 0 Å². The van der Waals surface area contributed by atoms with Gasteiger partial charge in [0.25, 0.3) is 0 Å². The van der Waals surface area contributed by atoms with Crippen LogP contribution in [-0.2, 0) is 4.79 Å². The Morgan fingerprint density at radius 2 is 1.84 bits per heavy atom. The maximum atomic E-state index is 12.3. The lowest BCUT2D eigenvalue weighted by Crippen LogP contribution is -2.46. The fourth-order valence-electron chi connectivity index (χ4n) is 2.78. The van der Waals surface area contributed by atoms with Crippen molar-refractivity contribution >= 4 is 5.91 Å². The Kier molecular flexibility index (Phi) is 6.80. The van der Waals surface area contributed by atoms with E-state index in [4.69, 9.17) is 5.73 Å². The third-order valence-corrected chi connectivity index (χ3v) is 4.22. The minimum absolute atomic E-state index is 0.148. The van der Waals surface area contributed by atoms with Gasteiger partial charge in [-0.3, -0.25) is 4.79 Å². The topological polar surface area (TPSA) is 49.6 Å². The molecule has 4 heteroatoms. The van der Waals surface area contributed by atoms with Crippen molar-refractivity contribution in [3.05, 3.63) is 0 Å². The molecule has 0 aromatic carbocycles. The molecular weight excluding hydrogens is 238 g/mol. The van der Waals surface area contributed by atoms with Crippen LogP contribution in [0.2, 0.25) is 0 Å². The van der Waals surface area contributed by atoms with Crippen LogP contribution in [0.4, 0.5) is 0 Å². The Balaban J connectivity index is 2.30. The first-order valence-electron chi connectivity index (χ1n) is 7.62. The lowest BCUT2D eigenvalue weighted by atomic mass is 9.98. The zero-order valence-electron chi connectivity index (χ0n) is 13.1. The number of carbonyl (C=O) groups is 1. The molecule has 2 unspecified atom stereocenters. The molecule has 19 heavy (non-hydrogen) atoms. The molecule has 1 aliphatic heterocycles. The predicted molar refractivity (Wildman–Crippen MR) is 80.0 cm³/mol. The van der Waals surface area contributed by atoms with Gasteiger partial charge in [0, 0.05) is 31.1 Å². The Morgan fingerprint density at radius 3 is 2.32 bits per heavy atom. The number of rotatable bonds is 6. The summed E-state index contributed by atoms with van der Waals surface area (Å²) in [5.74, 6) is 0.483. The van der Waals surface area contributed by atoms with Crippen molar-refractivity contribution in [3.8, 4) is 0 Å². The van der Waals surface area contributed by atoms with Crippen LogP contribution in [0.5, 0.6) is 0 Å². The average Bonchev–Trinajstić information content (AvgIpc) is 2.37. The predicted octanol–water partition coefficient (Wildman–Crippen LogP) is 1.69. The van der Waals surface area contributed by atoms with Crippen LogP contribution < -0.4 is 5.73 Å². The third kappa shape index (κ3) is 5.49. The van der Waals surface area contributed by atoms with E-state index in [0.717, 1.165) is 45.2 Å². The summed E-state index contributed by atoms with van der Waals surface area (Å²) in [6.45, 7) is 5.92. The van der Waals surface area contributed by atoms with Gasteiger partial charge in [-0.15, -0.1) is 0 Å². The molecule has 1 rings (SSSR count). The Labute approximate surface area is 118 Å². The van der Waals surface area contributed by atoms with E-state index in [1.165, 1.54) is 0 Å². The molecule has 4 nitrogen and oxygen atoms in total. The molecule has 0 aliphatic carbocycles. The van der Waals surface area contributed by atoms with Crippen LogP contribution in [0.25, 0.3) is 0 Å². The van der Waals surface area contributed by atoms with Gasteiger partial charge in [0.05, 0.1) is 0 Å². The van der Waals surface area contributed by atoms with E-state index in [-0.39, 0.29) is 12.0 Å². The van der Waals surface area contributed by atoms with Crippen LogP contribution in [0.15, 0.2) is 0 Å². The fraction of sp³-hybridized carbons (Fsp3) is 0.933. The molecule has 112 valence electrons. The molecule has 1 amide bonds. The summed E-state index contributed by atoms with van der Waals surface area (Å²) in [5, 5.41) is 0. The van der Waals surface area contributed by atoms with Gasteiger partial charge in [0.1, 0.15) is 0 Å². The summed E-state index contributed by atoms with van der Waals surface area (Å²) in [5.41, 5.74) is 5.74. The van der Waals surface area contributed by atoms with Gasteiger partial charge < -0.3 is 15.5 Å². The summed E-state index contributed by atoms with van der Waals surface area (Å²) in [7, 11) is 4.25. The van der Waals surface area contributed by atoms with E-state index in [0.29, 0.717) is 11.9 Å². The Hall–Kier alpha value is -0.610. The quantitative estimate of drug-likeness (QED) is 0.798. The van der Waals surface area contributed by atoms with E-state index in [9.17, 15) is 4.79 Å². The molecule has 0 spiro atoms. The standard InChI is InChI=1S/C15H31N3O/c1-12(6-5-7-13(2)16)15(19)18-10-8-14(9-11-18)17(3)4/h12-14H,5-11,16H2,1-4H3. The van der Waals surface area contributed by atoms with E-state index in [2.05, 4.69) is 30.8 Å². The number of amides is 1. The lowest BCUT2D eigenvalue weighted by molar-refractivity contribution is -0.136. The highest BCUT2D eigenvalue weighted by Crippen LogP contribution is 2.18. The fourth-order valence-corrected chi connectivity index (χ4v) is 2.78. The second-order valence-electron chi connectivity index (χ2n) is 6.33. The largest absolute Gasteiger partial charge is 0.342 e. The molecule has 0 aromatic rings. The monoisotopic (exact) mass is 269 g/mol. The van der Waals surface area contributed by atoms with Gasteiger partial charge in [0.2, 0.25) is 5.91 Å². The molecule has 0 saturated carbocycles. The van der Waals surface area contributed by atoms with E-state index in [1.54, 1.807) is 0 Å². The molecule has 2 N–H and O–H groups in total. The van der Waals surface area contributed by atoms with Gasteiger partial charge in [-0.25, -0.2) is 0 Å². The minimum Gasteiger partial charge on any atom is -0.342 e. The SMILES string of the molecule is CC(N)CCCC(C)C(=O)N1CCC(N(C)C)CC1. The second-order valence-corrected chi connectivity index (χ2v) is 6.33. The number of hydrogen-bond acceptors (Lipinski definition) is 3. The van der Waals surface area contributed by atoms with Crippen molar-refractivity contribution in [3.63, 3.8) is 0 Å². The smallest absolute Gasteiger partial charge is 0.225 e. The van der Waals surface area contributed by atoms with E-state index < -0.39 is 0 Å². The summed E-state index contributed by atoms with van der Waals surface area (Å²) < 4.78 is 0.